The molecule has 0 bridgehead atoms. The number of hydrogen-bond donors (Lipinski definition) is 1. The molecule has 128 valence electrons. The normalized spacial score (nSPS) is 10.4. The largest absolute Gasteiger partial charge is 0.465 e. The number of nitrogens with one attached hydrogen (secondary N) is 1. The van der Waals surface area contributed by atoms with Crippen molar-refractivity contribution in [2.24, 2.45) is 0 Å². The Balaban J connectivity index is 2.17. The predicted molar refractivity (Wildman–Crippen MR) is 98.5 cm³/mol. The number of methoxy groups -OCH3 is 1. The molecule has 2 rings (SSSR count). The topological polar surface area (TPSA) is 55.4 Å². The van der Waals surface area contributed by atoms with E-state index in [2.05, 4.69) is 12.2 Å². The lowest BCUT2D eigenvalue weighted by Gasteiger charge is -2.08. The highest BCUT2D eigenvalue weighted by Crippen LogP contribution is 2.36. The van der Waals surface area contributed by atoms with Crippen molar-refractivity contribution in [3.63, 3.8) is 0 Å². The van der Waals surface area contributed by atoms with Crippen molar-refractivity contribution in [3.05, 3.63) is 41.3 Å². The number of esters is 1. The maximum Gasteiger partial charge on any atom is 0.341 e. The molecule has 1 aromatic carbocycles. The lowest BCUT2D eigenvalue weighted by molar-refractivity contribution is -0.116. The van der Waals surface area contributed by atoms with E-state index in [-0.39, 0.29) is 5.91 Å². The van der Waals surface area contributed by atoms with Crippen LogP contribution in [-0.2, 0) is 9.53 Å². The van der Waals surface area contributed by atoms with E-state index in [0.717, 1.165) is 36.8 Å². The van der Waals surface area contributed by atoms with Crippen LogP contribution < -0.4 is 5.32 Å². The summed E-state index contributed by atoms with van der Waals surface area (Å²) >= 11 is 1.35. The average Bonchev–Trinajstić information content (AvgIpc) is 3.02. The molecular weight excluding hydrogens is 322 g/mol. The van der Waals surface area contributed by atoms with Gasteiger partial charge >= 0.3 is 5.97 Å². The third kappa shape index (κ3) is 4.68. The number of anilines is 1. The summed E-state index contributed by atoms with van der Waals surface area (Å²) in [5.74, 6) is -0.492. The molecule has 1 aromatic heterocycles. The van der Waals surface area contributed by atoms with Gasteiger partial charge in [-0.2, -0.15) is 0 Å². The summed E-state index contributed by atoms with van der Waals surface area (Å²) < 4.78 is 4.91. The van der Waals surface area contributed by atoms with Gasteiger partial charge < -0.3 is 10.1 Å². The van der Waals surface area contributed by atoms with Crippen molar-refractivity contribution in [1.29, 1.82) is 0 Å². The highest BCUT2D eigenvalue weighted by atomic mass is 32.1. The Bertz CT molecular complexity index is 679. The smallest absolute Gasteiger partial charge is 0.341 e. The van der Waals surface area contributed by atoms with Gasteiger partial charge in [-0.25, -0.2) is 4.79 Å². The molecule has 1 amide bonds. The van der Waals surface area contributed by atoms with Gasteiger partial charge in [0.25, 0.3) is 0 Å². The van der Waals surface area contributed by atoms with E-state index >= 15 is 0 Å². The quantitative estimate of drug-likeness (QED) is 0.534. The van der Waals surface area contributed by atoms with Crippen LogP contribution in [0.4, 0.5) is 5.00 Å². The first-order chi connectivity index (χ1) is 11.7. The van der Waals surface area contributed by atoms with Gasteiger partial charge in [-0.15, -0.1) is 11.3 Å². The van der Waals surface area contributed by atoms with Gasteiger partial charge in [0.15, 0.2) is 0 Å². The number of amides is 1. The molecule has 4 nitrogen and oxygen atoms in total. The third-order valence-corrected chi connectivity index (χ3v) is 4.67. The molecular formula is C19H23NO3S. The number of benzene rings is 1. The van der Waals surface area contributed by atoms with Crippen LogP contribution in [0.15, 0.2) is 35.7 Å². The summed E-state index contributed by atoms with van der Waals surface area (Å²) in [6, 6.07) is 9.63. The minimum atomic E-state index is -0.434. The molecule has 24 heavy (non-hydrogen) atoms. The fraction of sp³-hybridized carbons (Fsp3) is 0.368. The Kier molecular flexibility index (Phi) is 7.00. The van der Waals surface area contributed by atoms with E-state index in [9.17, 15) is 9.59 Å². The molecule has 0 unspecified atom stereocenters. The second-order valence-electron chi connectivity index (χ2n) is 5.57. The van der Waals surface area contributed by atoms with Crippen LogP contribution >= 0.6 is 11.3 Å². The number of carbonyl (C=O) groups excluding carboxylic acids is 2. The van der Waals surface area contributed by atoms with Crippen LogP contribution in [0.1, 0.15) is 49.4 Å². The monoisotopic (exact) mass is 345 g/mol. The number of thiophene rings is 1. The number of carbonyl (C=O) groups is 2. The molecule has 0 radical (unpaired) electrons. The molecule has 0 saturated heterocycles. The Morgan fingerprint density at radius 1 is 1.12 bits per heavy atom. The van der Waals surface area contributed by atoms with Crippen molar-refractivity contribution in [1.82, 2.24) is 0 Å². The molecule has 5 heteroatoms. The maximum absolute atomic E-state index is 12.2. The Morgan fingerprint density at radius 3 is 2.54 bits per heavy atom. The highest BCUT2D eigenvalue weighted by molar-refractivity contribution is 7.15. The van der Waals surface area contributed by atoms with Crippen molar-refractivity contribution in [3.8, 4) is 11.1 Å². The van der Waals surface area contributed by atoms with E-state index in [1.54, 1.807) is 0 Å². The van der Waals surface area contributed by atoms with Crippen LogP contribution in [-0.4, -0.2) is 19.0 Å². The van der Waals surface area contributed by atoms with Gasteiger partial charge in [-0.1, -0.05) is 56.5 Å². The van der Waals surface area contributed by atoms with E-state index in [0.29, 0.717) is 17.0 Å². The van der Waals surface area contributed by atoms with Crippen molar-refractivity contribution in [2.75, 3.05) is 12.4 Å². The van der Waals surface area contributed by atoms with Crippen LogP contribution in [0.3, 0.4) is 0 Å². The lowest BCUT2D eigenvalue weighted by atomic mass is 10.0. The van der Waals surface area contributed by atoms with Gasteiger partial charge in [-0.3, -0.25) is 4.79 Å². The summed E-state index contributed by atoms with van der Waals surface area (Å²) in [5.41, 5.74) is 2.14. The number of ether oxygens (including phenoxy) is 1. The number of hydrogen-bond acceptors (Lipinski definition) is 4. The van der Waals surface area contributed by atoms with Gasteiger partial charge in [0.2, 0.25) is 5.91 Å². The molecule has 0 saturated carbocycles. The second-order valence-corrected chi connectivity index (χ2v) is 6.45. The Labute approximate surface area is 146 Å². The summed E-state index contributed by atoms with van der Waals surface area (Å²) in [7, 11) is 1.35. The van der Waals surface area contributed by atoms with E-state index in [1.165, 1.54) is 18.4 Å². The minimum Gasteiger partial charge on any atom is -0.465 e. The standard InChI is InChI=1S/C19H23NO3S/c1-3-4-5-9-12-16(21)20-18-17(19(22)23-2)15(13-24-18)14-10-7-6-8-11-14/h6-8,10-11,13H,3-5,9,12H2,1-2H3,(H,20,21). The van der Waals surface area contributed by atoms with Crippen molar-refractivity contribution >= 4 is 28.2 Å². The van der Waals surface area contributed by atoms with E-state index in [4.69, 9.17) is 4.74 Å². The summed E-state index contributed by atoms with van der Waals surface area (Å²) in [6.45, 7) is 2.14. The maximum atomic E-state index is 12.2. The molecule has 0 aliphatic carbocycles. The molecule has 0 aliphatic rings. The SMILES string of the molecule is CCCCCCC(=O)Nc1scc(-c2ccccc2)c1C(=O)OC. The molecule has 0 fully saturated rings. The average molecular weight is 345 g/mol. The van der Waals surface area contributed by atoms with Crippen LogP contribution in [0.25, 0.3) is 11.1 Å². The Morgan fingerprint density at radius 2 is 1.88 bits per heavy atom. The van der Waals surface area contributed by atoms with E-state index < -0.39 is 5.97 Å². The molecule has 1 heterocycles. The fourth-order valence-corrected chi connectivity index (χ4v) is 3.46. The van der Waals surface area contributed by atoms with E-state index in [1.807, 2.05) is 35.7 Å². The zero-order chi connectivity index (χ0) is 17.4. The van der Waals surface area contributed by atoms with Gasteiger partial charge in [-0.05, 0) is 12.0 Å². The summed E-state index contributed by atoms with van der Waals surface area (Å²) in [4.78, 5) is 24.3. The fourth-order valence-electron chi connectivity index (χ4n) is 2.49. The molecule has 0 aliphatic heterocycles. The van der Waals surface area contributed by atoms with Crippen molar-refractivity contribution < 1.29 is 14.3 Å². The first-order valence-electron chi connectivity index (χ1n) is 8.22. The number of unbranched alkanes of at least 4 members (excludes halogenated alkanes) is 3. The first-order valence-corrected chi connectivity index (χ1v) is 9.10. The summed E-state index contributed by atoms with van der Waals surface area (Å²) in [6.07, 6.45) is 4.66. The van der Waals surface area contributed by atoms with Gasteiger partial charge in [0.05, 0.1) is 7.11 Å². The Hall–Kier alpha value is -2.14. The van der Waals surface area contributed by atoms with Gasteiger partial charge in [0.1, 0.15) is 10.6 Å². The second kappa shape index (κ2) is 9.23. The zero-order valence-electron chi connectivity index (χ0n) is 14.1. The molecule has 0 spiro atoms. The van der Waals surface area contributed by atoms with Crippen molar-refractivity contribution in [2.45, 2.75) is 39.0 Å². The minimum absolute atomic E-state index is 0.0577. The molecule has 0 atom stereocenters. The molecule has 1 N–H and O–H groups in total. The first kappa shape index (κ1) is 18.2. The van der Waals surface area contributed by atoms with Crippen LogP contribution in [0.2, 0.25) is 0 Å². The predicted octanol–water partition coefficient (Wildman–Crippen LogP) is 5.11. The molecule has 2 aromatic rings. The number of rotatable bonds is 8. The summed E-state index contributed by atoms with van der Waals surface area (Å²) in [5, 5.41) is 5.31. The van der Waals surface area contributed by atoms with Crippen LogP contribution in [0.5, 0.6) is 0 Å². The third-order valence-electron chi connectivity index (χ3n) is 3.78. The highest BCUT2D eigenvalue weighted by Gasteiger charge is 2.22. The zero-order valence-corrected chi connectivity index (χ0v) is 14.9. The van der Waals surface area contributed by atoms with Gasteiger partial charge in [0, 0.05) is 17.4 Å². The van der Waals surface area contributed by atoms with Crippen LogP contribution in [0, 0.1) is 0 Å². The lowest BCUT2D eigenvalue weighted by Crippen LogP contribution is -2.13.